The molecule has 0 N–H and O–H groups in total. The summed E-state index contributed by atoms with van der Waals surface area (Å²) in [6.45, 7) is 0. The fourth-order valence-electron chi connectivity index (χ4n) is 2.43. The standard InChI is InChI=1S/C16H11BrINO4S/c1-23-16(20)14-12-8-7-10(17)9-13(12)19(15(14)18)24(21,22)11-5-3-2-4-6-11/h2-9H,1H3. The Balaban J connectivity index is 2.43. The molecule has 3 aromatic rings. The molecule has 1 aromatic heterocycles. The van der Waals surface area contributed by atoms with E-state index in [1.54, 1.807) is 36.4 Å². The number of hydrogen-bond acceptors (Lipinski definition) is 4. The number of methoxy groups -OCH3 is 1. The molecule has 0 saturated carbocycles. The summed E-state index contributed by atoms with van der Waals surface area (Å²) in [4.78, 5) is 12.3. The Morgan fingerprint density at radius 1 is 1.17 bits per heavy atom. The first-order valence-electron chi connectivity index (χ1n) is 6.76. The van der Waals surface area contributed by atoms with Crippen LogP contribution >= 0.6 is 38.5 Å². The van der Waals surface area contributed by atoms with Gasteiger partial charge in [0.2, 0.25) is 0 Å². The molecule has 0 atom stereocenters. The molecule has 124 valence electrons. The minimum Gasteiger partial charge on any atom is -0.465 e. The molecule has 0 fully saturated rings. The molecule has 0 amide bonds. The van der Waals surface area contributed by atoms with Crippen LogP contribution in [0.5, 0.6) is 0 Å². The van der Waals surface area contributed by atoms with E-state index in [4.69, 9.17) is 4.74 Å². The Bertz CT molecular complexity index is 1040. The van der Waals surface area contributed by atoms with Crippen molar-refractivity contribution in [2.75, 3.05) is 7.11 Å². The highest BCUT2D eigenvalue weighted by Crippen LogP contribution is 2.33. The smallest absolute Gasteiger partial charge is 0.341 e. The lowest BCUT2D eigenvalue weighted by molar-refractivity contribution is 0.0601. The number of carbonyl (C=O) groups excluding carboxylic acids is 1. The molecule has 0 aliphatic rings. The van der Waals surface area contributed by atoms with E-state index >= 15 is 0 Å². The summed E-state index contributed by atoms with van der Waals surface area (Å²) >= 11 is 5.21. The predicted octanol–water partition coefficient (Wildman–Crippen LogP) is 4.03. The number of rotatable bonds is 3. The van der Waals surface area contributed by atoms with Gasteiger partial charge in [-0.05, 0) is 46.9 Å². The zero-order valence-corrected chi connectivity index (χ0v) is 16.9. The van der Waals surface area contributed by atoms with E-state index in [0.29, 0.717) is 15.4 Å². The second kappa shape index (κ2) is 6.49. The van der Waals surface area contributed by atoms with E-state index < -0.39 is 16.0 Å². The molecule has 0 unspecified atom stereocenters. The summed E-state index contributed by atoms with van der Waals surface area (Å²) in [5.74, 6) is -0.575. The number of halogens is 2. The maximum absolute atomic E-state index is 13.1. The zero-order chi connectivity index (χ0) is 17.5. The topological polar surface area (TPSA) is 65.4 Å². The van der Waals surface area contributed by atoms with Crippen LogP contribution in [0.2, 0.25) is 0 Å². The van der Waals surface area contributed by atoms with Crippen molar-refractivity contribution in [3.63, 3.8) is 0 Å². The van der Waals surface area contributed by atoms with Gasteiger partial charge in [-0.15, -0.1) is 0 Å². The van der Waals surface area contributed by atoms with Crippen molar-refractivity contribution in [1.82, 2.24) is 3.97 Å². The fourth-order valence-corrected chi connectivity index (χ4v) is 5.75. The summed E-state index contributed by atoms with van der Waals surface area (Å²) in [6, 6.07) is 13.2. The van der Waals surface area contributed by atoms with Crippen LogP contribution in [-0.2, 0) is 14.8 Å². The van der Waals surface area contributed by atoms with E-state index in [1.807, 2.05) is 22.6 Å². The van der Waals surface area contributed by atoms with E-state index in [1.165, 1.54) is 23.2 Å². The van der Waals surface area contributed by atoms with Gasteiger partial charge in [-0.2, -0.15) is 0 Å². The highest BCUT2D eigenvalue weighted by Gasteiger charge is 2.29. The quantitative estimate of drug-likeness (QED) is 0.387. The van der Waals surface area contributed by atoms with Gasteiger partial charge in [0.25, 0.3) is 10.0 Å². The van der Waals surface area contributed by atoms with Gasteiger partial charge in [0.1, 0.15) is 3.70 Å². The monoisotopic (exact) mass is 519 g/mol. The molecule has 5 nitrogen and oxygen atoms in total. The predicted molar refractivity (Wildman–Crippen MR) is 103 cm³/mol. The van der Waals surface area contributed by atoms with E-state index in [-0.39, 0.29) is 14.2 Å². The van der Waals surface area contributed by atoms with Gasteiger partial charge in [-0.25, -0.2) is 17.2 Å². The van der Waals surface area contributed by atoms with Crippen molar-refractivity contribution < 1.29 is 17.9 Å². The fraction of sp³-hybridized carbons (Fsp3) is 0.0625. The molecule has 0 aliphatic heterocycles. The molecule has 0 aliphatic carbocycles. The molecule has 8 heteroatoms. The summed E-state index contributed by atoms with van der Waals surface area (Å²) in [7, 11) is -2.58. The van der Waals surface area contributed by atoms with Crippen LogP contribution < -0.4 is 0 Å². The lowest BCUT2D eigenvalue weighted by atomic mass is 10.2. The van der Waals surface area contributed by atoms with Crippen molar-refractivity contribution in [2.24, 2.45) is 0 Å². The van der Waals surface area contributed by atoms with Gasteiger partial charge in [0, 0.05) is 9.86 Å². The Morgan fingerprint density at radius 3 is 2.46 bits per heavy atom. The van der Waals surface area contributed by atoms with Crippen LogP contribution in [0.3, 0.4) is 0 Å². The van der Waals surface area contributed by atoms with Crippen LogP contribution in [0.1, 0.15) is 10.4 Å². The third-order valence-electron chi connectivity index (χ3n) is 3.50. The number of esters is 1. The van der Waals surface area contributed by atoms with Gasteiger partial charge in [0.15, 0.2) is 0 Å². The van der Waals surface area contributed by atoms with Gasteiger partial charge in [-0.1, -0.05) is 40.2 Å². The average Bonchev–Trinajstić information content (AvgIpc) is 2.86. The Labute approximate surface area is 160 Å². The van der Waals surface area contributed by atoms with Crippen LogP contribution in [-0.4, -0.2) is 25.5 Å². The number of aromatic nitrogens is 1. The first-order chi connectivity index (χ1) is 11.4. The molecule has 3 rings (SSSR count). The van der Waals surface area contributed by atoms with Crippen molar-refractivity contribution in [2.45, 2.75) is 4.90 Å². The second-order valence-electron chi connectivity index (χ2n) is 4.90. The third-order valence-corrected chi connectivity index (χ3v) is 7.07. The minimum atomic E-state index is -3.85. The number of fused-ring (bicyclic) bond motifs is 1. The van der Waals surface area contributed by atoms with Crippen molar-refractivity contribution in [1.29, 1.82) is 0 Å². The normalized spacial score (nSPS) is 11.6. The van der Waals surface area contributed by atoms with Crippen LogP contribution in [0, 0.1) is 3.70 Å². The molecule has 0 spiro atoms. The largest absolute Gasteiger partial charge is 0.465 e. The third kappa shape index (κ3) is 2.76. The van der Waals surface area contributed by atoms with Gasteiger partial charge >= 0.3 is 5.97 Å². The Hall–Kier alpha value is -1.39. The first-order valence-corrected chi connectivity index (χ1v) is 10.1. The number of carbonyl (C=O) groups is 1. The first kappa shape index (κ1) is 17.4. The molecular weight excluding hydrogens is 509 g/mol. The lowest BCUT2D eigenvalue weighted by Gasteiger charge is -2.09. The highest BCUT2D eigenvalue weighted by atomic mass is 127. The van der Waals surface area contributed by atoms with E-state index in [0.717, 1.165) is 0 Å². The van der Waals surface area contributed by atoms with Crippen LogP contribution in [0.15, 0.2) is 57.9 Å². The minimum absolute atomic E-state index is 0.149. The van der Waals surface area contributed by atoms with E-state index in [9.17, 15) is 13.2 Å². The number of nitrogens with zero attached hydrogens (tertiary/aromatic N) is 1. The van der Waals surface area contributed by atoms with Gasteiger partial charge in [-0.3, -0.25) is 0 Å². The summed E-state index contributed by atoms with van der Waals surface area (Å²) in [5.41, 5.74) is 0.651. The molecule has 0 radical (unpaired) electrons. The molecule has 0 saturated heterocycles. The van der Waals surface area contributed by atoms with Gasteiger partial charge in [0.05, 0.1) is 23.1 Å². The van der Waals surface area contributed by atoms with Gasteiger partial charge < -0.3 is 4.74 Å². The maximum atomic E-state index is 13.1. The summed E-state index contributed by atoms with van der Waals surface area (Å²) in [5, 5.41) is 0.522. The molecular formula is C16H11BrINO4S. The zero-order valence-electron chi connectivity index (χ0n) is 12.4. The molecule has 24 heavy (non-hydrogen) atoms. The highest BCUT2D eigenvalue weighted by molar-refractivity contribution is 14.1. The molecule has 0 bridgehead atoms. The number of ether oxygens (including phenoxy) is 1. The average molecular weight is 520 g/mol. The molecule has 1 heterocycles. The van der Waals surface area contributed by atoms with E-state index in [2.05, 4.69) is 15.9 Å². The van der Waals surface area contributed by atoms with Crippen LogP contribution in [0.25, 0.3) is 10.9 Å². The Kier molecular flexibility index (Phi) is 4.71. The van der Waals surface area contributed by atoms with Crippen molar-refractivity contribution >= 4 is 65.4 Å². The maximum Gasteiger partial charge on any atom is 0.341 e. The second-order valence-corrected chi connectivity index (χ2v) is 8.63. The lowest BCUT2D eigenvalue weighted by Crippen LogP contribution is -2.15. The SMILES string of the molecule is COC(=O)c1c(I)n(S(=O)(=O)c2ccccc2)c2cc(Br)ccc12. The van der Waals surface area contributed by atoms with Crippen molar-refractivity contribution in [3.05, 3.63) is 62.3 Å². The van der Waals surface area contributed by atoms with Crippen LogP contribution in [0.4, 0.5) is 0 Å². The summed E-state index contributed by atoms with van der Waals surface area (Å²) in [6.07, 6.45) is 0. The summed E-state index contributed by atoms with van der Waals surface area (Å²) < 4.78 is 33.2. The number of benzene rings is 2. The Morgan fingerprint density at radius 2 is 1.83 bits per heavy atom. The molecule has 2 aromatic carbocycles. The number of hydrogen-bond donors (Lipinski definition) is 0. The van der Waals surface area contributed by atoms with Crippen molar-refractivity contribution in [3.8, 4) is 0 Å².